The number of para-hydroxylation sites is 1. The van der Waals surface area contributed by atoms with Crippen molar-refractivity contribution in [1.29, 1.82) is 0 Å². The van der Waals surface area contributed by atoms with E-state index in [1.165, 1.54) is 27.1 Å². The minimum atomic E-state index is -1.53. The standard InChI is InChI=1S/C21H20NOSi.C14H14N.Ir/c1-14-11-12-22-17(13-14)15-9-10-19(24(2,3)4)20-16-7-5-6-8-18(16)23-21(15)20;1-11(2)13-8-9-14(15-10-13)12-6-4-3-5-7-12;/h5-8,10-13H,1-4H3;3-6,8-11H,1-2H3;/q2*-1;. The largest absolute Gasteiger partial charge is 0.501 e. The third kappa shape index (κ3) is 6.33. The van der Waals surface area contributed by atoms with Gasteiger partial charge in [0.25, 0.3) is 0 Å². The van der Waals surface area contributed by atoms with Crippen LogP contribution < -0.4 is 5.19 Å². The van der Waals surface area contributed by atoms with Crippen LogP contribution in [-0.4, -0.2) is 18.0 Å². The van der Waals surface area contributed by atoms with Crippen LogP contribution in [0.5, 0.6) is 0 Å². The van der Waals surface area contributed by atoms with Gasteiger partial charge >= 0.3 is 0 Å². The average Bonchev–Trinajstić information content (AvgIpc) is 3.32. The summed E-state index contributed by atoms with van der Waals surface area (Å²) in [5, 5.41) is 3.81. The molecule has 0 bridgehead atoms. The Balaban J connectivity index is 0.000000200. The molecule has 5 heteroatoms. The van der Waals surface area contributed by atoms with Gasteiger partial charge in [0, 0.05) is 46.0 Å². The van der Waals surface area contributed by atoms with Crippen molar-refractivity contribution in [3.8, 4) is 22.5 Å². The van der Waals surface area contributed by atoms with Gasteiger partial charge in [0.05, 0.1) is 5.58 Å². The molecule has 205 valence electrons. The average molecular weight is 719 g/mol. The molecule has 6 rings (SSSR count). The molecule has 3 heterocycles. The number of hydrogen-bond acceptors (Lipinski definition) is 3. The van der Waals surface area contributed by atoms with E-state index in [4.69, 9.17) is 4.42 Å². The molecule has 0 aliphatic heterocycles. The van der Waals surface area contributed by atoms with Crippen LogP contribution in [0.25, 0.3) is 44.5 Å². The van der Waals surface area contributed by atoms with Crippen molar-refractivity contribution in [2.75, 3.05) is 0 Å². The zero-order chi connectivity index (χ0) is 27.6. The van der Waals surface area contributed by atoms with Gasteiger partial charge in [-0.25, -0.2) is 0 Å². The summed E-state index contributed by atoms with van der Waals surface area (Å²) in [5.41, 5.74) is 8.21. The molecule has 6 aromatic rings. The quantitative estimate of drug-likeness (QED) is 0.135. The molecule has 1 radical (unpaired) electrons. The zero-order valence-electron chi connectivity index (χ0n) is 23.9. The van der Waals surface area contributed by atoms with Crippen LogP contribution in [0.1, 0.15) is 30.9 Å². The predicted molar refractivity (Wildman–Crippen MR) is 166 cm³/mol. The van der Waals surface area contributed by atoms with Crippen LogP contribution in [0.2, 0.25) is 19.6 Å². The van der Waals surface area contributed by atoms with Crippen molar-refractivity contribution < 1.29 is 24.5 Å². The second-order valence-corrected chi connectivity index (χ2v) is 16.3. The summed E-state index contributed by atoms with van der Waals surface area (Å²) < 4.78 is 6.26. The molecule has 0 aliphatic carbocycles. The van der Waals surface area contributed by atoms with Gasteiger partial charge in [0.1, 0.15) is 5.58 Å². The summed E-state index contributed by atoms with van der Waals surface area (Å²) in [5.74, 6) is 0.534. The fourth-order valence-electron chi connectivity index (χ4n) is 4.68. The smallest absolute Gasteiger partial charge is 0.120 e. The topological polar surface area (TPSA) is 38.9 Å². The molecule has 0 spiro atoms. The number of aromatic nitrogens is 2. The number of hydrogen-bond donors (Lipinski definition) is 0. The molecule has 0 atom stereocenters. The maximum absolute atomic E-state index is 6.26. The Morgan fingerprint density at radius 3 is 2.27 bits per heavy atom. The second-order valence-electron chi connectivity index (χ2n) is 11.3. The number of aryl methyl sites for hydroxylation is 1. The molecule has 0 unspecified atom stereocenters. The third-order valence-corrected chi connectivity index (χ3v) is 8.88. The van der Waals surface area contributed by atoms with E-state index >= 15 is 0 Å². The SMILES string of the molecule is CC(C)c1ccc(-c2[c-]cccc2)nc1.Cc1ccnc(-c2[c-]cc([Si](C)(C)C)c3c2oc2ccccc23)c1.[Ir]. The first-order valence-corrected chi connectivity index (χ1v) is 16.9. The fourth-order valence-corrected chi connectivity index (χ4v) is 6.19. The summed E-state index contributed by atoms with van der Waals surface area (Å²) in [6.45, 7) is 13.5. The Hall–Kier alpha value is -3.37. The van der Waals surface area contributed by atoms with Crippen LogP contribution in [0.3, 0.4) is 0 Å². The first kappa shape index (κ1) is 29.6. The predicted octanol–water partition coefficient (Wildman–Crippen LogP) is 8.97. The molecule has 0 saturated carbocycles. The fraction of sp³-hybridized carbons (Fsp3) is 0.200. The van der Waals surface area contributed by atoms with E-state index in [-0.39, 0.29) is 20.1 Å². The summed E-state index contributed by atoms with van der Waals surface area (Å²) >= 11 is 0. The van der Waals surface area contributed by atoms with E-state index < -0.39 is 8.07 Å². The first-order chi connectivity index (χ1) is 18.7. The Morgan fingerprint density at radius 2 is 1.62 bits per heavy atom. The Bertz CT molecular complexity index is 1720. The number of benzene rings is 3. The van der Waals surface area contributed by atoms with Gasteiger partial charge in [-0.3, -0.25) is 0 Å². The molecule has 40 heavy (non-hydrogen) atoms. The Morgan fingerprint density at radius 1 is 0.850 bits per heavy atom. The molecular formula is C35H34IrN2OSi-2. The van der Waals surface area contributed by atoms with Gasteiger partial charge < -0.3 is 14.4 Å². The van der Waals surface area contributed by atoms with Gasteiger partial charge in [0.15, 0.2) is 0 Å². The molecule has 0 fully saturated rings. The number of nitrogens with zero attached hydrogens (tertiary/aromatic N) is 2. The zero-order valence-corrected chi connectivity index (χ0v) is 27.3. The van der Waals surface area contributed by atoms with Gasteiger partial charge in [-0.2, -0.15) is 0 Å². The van der Waals surface area contributed by atoms with Crippen molar-refractivity contribution in [2.45, 2.75) is 46.3 Å². The van der Waals surface area contributed by atoms with E-state index in [0.29, 0.717) is 5.92 Å². The number of furan rings is 1. The number of pyridine rings is 2. The summed E-state index contributed by atoms with van der Waals surface area (Å²) in [7, 11) is -1.53. The van der Waals surface area contributed by atoms with E-state index in [0.717, 1.165) is 33.7 Å². The molecule has 3 aromatic heterocycles. The van der Waals surface area contributed by atoms with Crippen molar-refractivity contribution in [2.24, 2.45) is 0 Å². The van der Waals surface area contributed by atoms with Gasteiger partial charge in [-0.05, 0) is 41.9 Å². The van der Waals surface area contributed by atoms with Crippen molar-refractivity contribution >= 4 is 35.2 Å². The molecule has 3 aromatic carbocycles. The van der Waals surface area contributed by atoms with Crippen molar-refractivity contribution in [1.82, 2.24) is 9.97 Å². The first-order valence-electron chi connectivity index (χ1n) is 13.4. The molecular weight excluding hydrogens is 685 g/mol. The maximum Gasteiger partial charge on any atom is 0.120 e. The minimum absolute atomic E-state index is 0. The Labute approximate surface area is 252 Å². The molecule has 0 amide bonds. The summed E-state index contributed by atoms with van der Waals surface area (Å²) in [6.07, 6.45) is 3.79. The van der Waals surface area contributed by atoms with Crippen LogP contribution in [0, 0.1) is 19.1 Å². The van der Waals surface area contributed by atoms with Crippen LogP contribution in [0.15, 0.2) is 95.7 Å². The normalized spacial score (nSPS) is 11.3. The maximum atomic E-state index is 6.26. The molecule has 0 saturated heterocycles. The van der Waals surface area contributed by atoms with Gasteiger partial charge in [-0.15, -0.1) is 53.2 Å². The van der Waals surface area contributed by atoms with Crippen LogP contribution >= 0.6 is 0 Å². The van der Waals surface area contributed by atoms with Gasteiger partial charge in [-0.1, -0.05) is 86.4 Å². The third-order valence-electron chi connectivity index (χ3n) is 6.87. The van der Waals surface area contributed by atoms with E-state index in [1.54, 1.807) is 0 Å². The van der Waals surface area contributed by atoms with Crippen molar-refractivity contribution in [3.05, 3.63) is 115 Å². The molecule has 0 aliphatic rings. The number of fused-ring (bicyclic) bond motifs is 3. The van der Waals surface area contributed by atoms with E-state index in [1.807, 2.05) is 54.9 Å². The number of rotatable bonds is 4. The molecule has 0 N–H and O–H groups in total. The summed E-state index contributed by atoms with van der Waals surface area (Å²) in [6, 6.07) is 33.3. The minimum Gasteiger partial charge on any atom is -0.501 e. The van der Waals surface area contributed by atoms with E-state index in [2.05, 4.69) is 98.9 Å². The van der Waals surface area contributed by atoms with E-state index in [9.17, 15) is 0 Å². The van der Waals surface area contributed by atoms with Crippen molar-refractivity contribution in [3.63, 3.8) is 0 Å². The Kier molecular flexibility index (Phi) is 9.20. The van der Waals surface area contributed by atoms with Crippen LogP contribution in [0.4, 0.5) is 0 Å². The monoisotopic (exact) mass is 719 g/mol. The van der Waals surface area contributed by atoms with Crippen LogP contribution in [-0.2, 0) is 20.1 Å². The summed E-state index contributed by atoms with van der Waals surface area (Å²) in [4.78, 5) is 8.98. The molecule has 3 nitrogen and oxygen atoms in total. The van der Waals surface area contributed by atoms with Gasteiger partial charge in [0.2, 0.25) is 0 Å². The second kappa shape index (κ2) is 12.4.